The zero-order valence-corrected chi connectivity index (χ0v) is 13.0. The topological polar surface area (TPSA) is 16.1 Å². The third-order valence-electron chi connectivity index (χ3n) is 3.08. The van der Waals surface area contributed by atoms with Gasteiger partial charge in [0.2, 0.25) is 0 Å². The number of anilines is 2. The van der Waals surface area contributed by atoms with Crippen LogP contribution >= 0.6 is 15.9 Å². The van der Waals surface area contributed by atoms with E-state index in [0.717, 1.165) is 23.3 Å². The monoisotopic (exact) mass is 318 g/mol. The number of hydrogen-bond donors (Lipinski definition) is 0. The Morgan fingerprint density at radius 1 is 1.21 bits per heavy atom. The van der Waals surface area contributed by atoms with Gasteiger partial charge in [0, 0.05) is 22.9 Å². The fraction of sp³-hybridized carbons (Fsp3) is 0.312. The average molecular weight is 319 g/mol. The average Bonchev–Trinajstić information content (AvgIpc) is 2.42. The van der Waals surface area contributed by atoms with Gasteiger partial charge in [-0.15, -0.1) is 0 Å². The predicted octanol–water partition coefficient (Wildman–Crippen LogP) is 5.09. The number of halogens is 1. The number of para-hydroxylation sites is 1. The molecule has 0 aliphatic heterocycles. The summed E-state index contributed by atoms with van der Waals surface area (Å²) in [5.74, 6) is 1.04. The molecule has 1 heterocycles. The van der Waals surface area contributed by atoms with Crippen LogP contribution in [0.15, 0.2) is 47.1 Å². The molecule has 0 aliphatic rings. The molecular formula is C16H19BrN2. The van der Waals surface area contributed by atoms with Crippen LogP contribution in [0.3, 0.4) is 0 Å². The fourth-order valence-corrected chi connectivity index (χ4v) is 2.54. The van der Waals surface area contributed by atoms with Crippen LogP contribution in [0.25, 0.3) is 0 Å². The molecule has 0 saturated carbocycles. The Bertz CT molecular complexity index is 526. The smallest absolute Gasteiger partial charge is 0.135 e. The molecule has 19 heavy (non-hydrogen) atoms. The first-order chi connectivity index (χ1) is 9.22. The molecule has 100 valence electrons. The Morgan fingerprint density at radius 2 is 1.95 bits per heavy atom. The summed E-state index contributed by atoms with van der Waals surface area (Å²) in [6, 6.07) is 12.6. The molecule has 2 rings (SSSR count). The van der Waals surface area contributed by atoms with E-state index in [1.54, 1.807) is 0 Å². The van der Waals surface area contributed by atoms with Gasteiger partial charge in [0.25, 0.3) is 0 Å². The number of rotatable bonds is 5. The van der Waals surface area contributed by atoms with Crippen LogP contribution < -0.4 is 4.90 Å². The Hall–Kier alpha value is -1.35. The molecule has 3 heteroatoms. The lowest BCUT2D eigenvalue weighted by atomic mass is 10.2. The highest BCUT2D eigenvalue weighted by molar-refractivity contribution is 9.10. The van der Waals surface area contributed by atoms with E-state index < -0.39 is 0 Å². The fourth-order valence-electron chi connectivity index (χ4n) is 2.10. The lowest BCUT2D eigenvalue weighted by molar-refractivity contribution is 0.777. The SMILES string of the molecule is CCCCN(c1ccccc1)c1ncc(Br)cc1C. The number of nitrogens with zero attached hydrogens (tertiary/aromatic N) is 2. The second kappa shape index (κ2) is 6.71. The largest absolute Gasteiger partial charge is 0.326 e. The standard InChI is InChI=1S/C16H19BrN2/c1-3-4-10-19(15-8-6-5-7-9-15)16-13(2)11-14(17)12-18-16/h5-9,11-12H,3-4,10H2,1-2H3. The molecule has 2 aromatic rings. The van der Waals surface area contributed by atoms with E-state index in [0.29, 0.717) is 0 Å². The Labute approximate surface area is 123 Å². The van der Waals surface area contributed by atoms with Crippen molar-refractivity contribution in [2.75, 3.05) is 11.4 Å². The maximum absolute atomic E-state index is 4.59. The number of pyridine rings is 1. The maximum atomic E-state index is 4.59. The van der Waals surface area contributed by atoms with Crippen molar-refractivity contribution in [2.24, 2.45) is 0 Å². The number of unbranched alkanes of at least 4 members (excludes halogenated alkanes) is 1. The highest BCUT2D eigenvalue weighted by Gasteiger charge is 2.12. The van der Waals surface area contributed by atoms with Crippen LogP contribution in [0.1, 0.15) is 25.3 Å². The molecule has 0 fully saturated rings. The molecule has 0 spiro atoms. The van der Waals surface area contributed by atoms with Gasteiger partial charge in [0.15, 0.2) is 0 Å². The molecule has 0 bridgehead atoms. The molecule has 0 saturated heterocycles. The van der Waals surface area contributed by atoms with Crippen molar-refractivity contribution in [3.05, 3.63) is 52.6 Å². The van der Waals surface area contributed by atoms with E-state index in [1.807, 2.05) is 12.3 Å². The zero-order valence-electron chi connectivity index (χ0n) is 11.4. The molecule has 0 radical (unpaired) electrons. The minimum absolute atomic E-state index is 0.996. The lowest BCUT2D eigenvalue weighted by Crippen LogP contribution is -2.20. The Balaban J connectivity index is 2.37. The van der Waals surface area contributed by atoms with Gasteiger partial charge in [-0.1, -0.05) is 31.5 Å². The highest BCUT2D eigenvalue weighted by atomic mass is 79.9. The summed E-state index contributed by atoms with van der Waals surface area (Å²) in [5.41, 5.74) is 2.39. The summed E-state index contributed by atoms with van der Waals surface area (Å²) in [6.07, 6.45) is 4.20. The first-order valence-electron chi connectivity index (χ1n) is 6.67. The number of aromatic nitrogens is 1. The second-order valence-electron chi connectivity index (χ2n) is 4.63. The van der Waals surface area contributed by atoms with Crippen molar-refractivity contribution in [3.63, 3.8) is 0 Å². The van der Waals surface area contributed by atoms with Gasteiger partial charge in [-0.3, -0.25) is 0 Å². The number of benzene rings is 1. The summed E-state index contributed by atoms with van der Waals surface area (Å²) >= 11 is 3.47. The lowest BCUT2D eigenvalue weighted by Gasteiger charge is -2.25. The van der Waals surface area contributed by atoms with Gasteiger partial charge in [-0.25, -0.2) is 4.98 Å². The molecule has 0 atom stereocenters. The van der Waals surface area contributed by atoms with Crippen LogP contribution in [-0.4, -0.2) is 11.5 Å². The van der Waals surface area contributed by atoms with Gasteiger partial charge >= 0.3 is 0 Å². The maximum Gasteiger partial charge on any atom is 0.135 e. The van der Waals surface area contributed by atoms with E-state index in [1.165, 1.54) is 17.7 Å². The minimum Gasteiger partial charge on any atom is -0.326 e. The van der Waals surface area contributed by atoms with E-state index >= 15 is 0 Å². The second-order valence-corrected chi connectivity index (χ2v) is 5.55. The van der Waals surface area contributed by atoms with Crippen LogP contribution in [0.5, 0.6) is 0 Å². The number of aryl methyl sites for hydroxylation is 1. The predicted molar refractivity (Wildman–Crippen MR) is 85.0 cm³/mol. The molecule has 0 aliphatic carbocycles. The van der Waals surface area contributed by atoms with Crippen molar-refractivity contribution in [1.82, 2.24) is 4.98 Å². The van der Waals surface area contributed by atoms with Crippen molar-refractivity contribution in [1.29, 1.82) is 0 Å². The molecular weight excluding hydrogens is 300 g/mol. The van der Waals surface area contributed by atoms with Crippen LogP contribution in [0, 0.1) is 6.92 Å². The zero-order chi connectivity index (χ0) is 13.7. The van der Waals surface area contributed by atoms with Crippen molar-refractivity contribution >= 4 is 27.4 Å². The molecule has 0 amide bonds. The minimum atomic E-state index is 0.996. The van der Waals surface area contributed by atoms with Crippen LogP contribution in [0.4, 0.5) is 11.5 Å². The van der Waals surface area contributed by atoms with Gasteiger partial charge < -0.3 is 4.90 Å². The highest BCUT2D eigenvalue weighted by Crippen LogP contribution is 2.28. The van der Waals surface area contributed by atoms with Gasteiger partial charge in [-0.05, 0) is 53.0 Å². The normalized spacial score (nSPS) is 10.5. The summed E-state index contributed by atoms with van der Waals surface area (Å²) in [4.78, 5) is 6.88. The summed E-state index contributed by atoms with van der Waals surface area (Å²) in [5, 5.41) is 0. The first-order valence-corrected chi connectivity index (χ1v) is 7.46. The van der Waals surface area contributed by atoms with Crippen molar-refractivity contribution in [3.8, 4) is 0 Å². The Kier molecular flexibility index (Phi) is 4.97. The summed E-state index contributed by atoms with van der Waals surface area (Å²) < 4.78 is 1.03. The molecule has 0 unspecified atom stereocenters. The van der Waals surface area contributed by atoms with Gasteiger partial charge in [0.05, 0.1) is 0 Å². The third kappa shape index (κ3) is 3.57. The quantitative estimate of drug-likeness (QED) is 0.763. The molecule has 1 aromatic carbocycles. The molecule has 0 N–H and O–H groups in total. The van der Waals surface area contributed by atoms with Gasteiger partial charge in [0.1, 0.15) is 5.82 Å². The Morgan fingerprint density at radius 3 is 2.58 bits per heavy atom. The van der Waals surface area contributed by atoms with Crippen LogP contribution in [-0.2, 0) is 0 Å². The molecule has 1 aromatic heterocycles. The van der Waals surface area contributed by atoms with E-state index in [9.17, 15) is 0 Å². The van der Waals surface area contributed by atoms with Crippen molar-refractivity contribution in [2.45, 2.75) is 26.7 Å². The van der Waals surface area contributed by atoms with E-state index in [4.69, 9.17) is 0 Å². The van der Waals surface area contributed by atoms with Crippen molar-refractivity contribution < 1.29 is 0 Å². The van der Waals surface area contributed by atoms with E-state index in [2.05, 4.69) is 70.0 Å². The molecule has 2 nitrogen and oxygen atoms in total. The summed E-state index contributed by atoms with van der Waals surface area (Å²) in [6.45, 7) is 5.32. The third-order valence-corrected chi connectivity index (χ3v) is 3.51. The van der Waals surface area contributed by atoms with E-state index in [-0.39, 0.29) is 0 Å². The number of hydrogen-bond acceptors (Lipinski definition) is 2. The van der Waals surface area contributed by atoms with Gasteiger partial charge in [-0.2, -0.15) is 0 Å². The first kappa shape index (κ1) is 14.1. The summed E-state index contributed by atoms with van der Waals surface area (Å²) in [7, 11) is 0. The van der Waals surface area contributed by atoms with Crippen LogP contribution in [0.2, 0.25) is 0 Å².